The monoisotopic (exact) mass is 369 g/mol. The number of nitrogens with zero attached hydrogens (tertiary/aromatic N) is 2. The number of carbonyl (C=O) groups is 3. The first-order valence-corrected chi connectivity index (χ1v) is 8.93. The number of carboxylic acid groups (broad SMARTS) is 1. The zero-order valence-electron chi connectivity index (χ0n) is 16.7. The number of alkyl carbamates (subject to hydrolysis) is 1. The van der Waals surface area contributed by atoms with Gasteiger partial charge in [-0.05, 0) is 46.2 Å². The second-order valence-electron chi connectivity index (χ2n) is 9.19. The van der Waals surface area contributed by atoms with Gasteiger partial charge in [-0.25, -0.2) is 9.59 Å². The van der Waals surface area contributed by atoms with E-state index in [0.717, 1.165) is 0 Å². The van der Waals surface area contributed by atoms with Crippen LogP contribution in [0.3, 0.4) is 0 Å². The molecule has 1 unspecified atom stereocenters. The van der Waals surface area contributed by atoms with E-state index in [1.807, 2.05) is 13.8 Å². The van der Waals surface area contributed by atoms with Gasteiger partial charge in [-0.3, -0.25) is 4.79 Å². The van der Waals surface area contributed by atoms with Crippen molar-refractivity contribution < 1.29 is 24.2 Å². The maximum Gasteiger partial charge on any atom is 0.408 e. The molecule has 148 valence electrons. The summed E-state index contributed by atoms with van der Waals surface area (Å²) in [6.45, 7) is 9.98. The SMILES string of the molecule is CN(C)CC(NC(=O)OC(C)(C)C)C(=O)N1C[C@H]2[C@@H]([C@H]1C(=O)O)C2(C)C. The van der Waals surface area contributed by atoms with Crippen LogP contribution in [0.4, 0.5) is 4.79 Å². The Labute approximate surface area is 154 Å². The molecule has 0 bridgehead atoms. The van der Waals surface area contributed by atoms with E-state index in [0.29, 0.717) is 6.54 Å². The van der Waals surface area contributed by atoms with Gasteiger partial charge in [0.25, 0.3) is 0 Å². The minimum Gasteiger partial charge on any atom is -0.480 e. The summed E-state index contributed by atoms with van der Waals surface area (Å²) < 4.78 is 5.24. The lowest BCUT2D eigenvalue weighted by atomic mass is 10.0. The van der Waals surface area contributed by atoms with Gasteiger partial charge >= 0.3 is 12.1 Å². The second kappa shape index (κ2) is 6.72. The zero-order chi connectivity index (χ0) is 20.0. The van der Waals surface area contributed by atoms with Crippen LogP contribution in [0.15, 0.2) is 0 Å². The molecule has 1 aliphatic heterocycles. The van der Waals surface area contributed by atoms with E-state index < -0.39 is 29.7 Å². The smallest absolute Gasteiger partial charge is 0.408 e. The molecule has 1 heterocycles. The molecule has 2 aliphatic rings. The Kier molecular flexibility index (Phi) is 5.29. The molecule has 8 nitrogen and oxygen atoms in total. The number of amides is 2. The molecule has 8 heteroatoms. The van der Waals surface area contributed by atoms with E-state index >= 15 is 0 Å². The fraction of sp³-hybridized carbons (Fsp3) is 0.833. The quantitative estimate of drug-likeness (QED) is 0.750. The third-order valence-corrected chi connectivity index (χ3v) is 5.28. The van der Waals surface area contributed by atoms with E-state index in [4.69, 9.17) is 4.74 Å². The number of hydrogen-bond donors (Lipinski definition) is 2. The van der Waals surface area contributed by atoms with Crippen LogP contribution in [0, 0.1) is 17.3 Å². The Bertz CT molecular complexity index is 596. The Morgan fingerprint density at radius 2 is 1.88 bits per heavy atom. The van der Waals surface area contributed by atoms with Gasteiger partial charge in [-0.1, -0.05) is 13.8 Å². The summed E-state index contributed by atoms with van der Waals surface area (Å²) in [6, 6.07) is -1.70. The summed E-state index contributed by atoms with van der Waals surface area (Å²) in [4.78, 5) is 40.1. The molecule has 0 spiro atoms. The number of rotatable bonds is 5. The molecule has 2 N–H and O–H groups in total. The average molecular weight is 369 g/mol. The fourth-order valence-electron chi connectivity index (χ4n) is 4.00. The molecule has 1 saturated heterocycles. The summed E-state index contributed by atoms with van der Waals surface area (Å²) in [5.74, 6) is -1.21. The average Bonchev–Trinajstić information content (AvgIpc) is 2.82. The molecule has 4 atom stereocenters. The first kappa shape index (κ1) is 20.5. The second-order valence-corrected chi connectivity index (χ2v) is 9.19. The first-order valence-electron chi connectivity index (χ1n) is 8.93. The van der Waals surface area contributed by atoms with Crippen molar-refractivity contribution >= 4 is 18.0 Å². The van der Waals surface area contributed by atoms with Crippen molar-refractivity contribution in [2.75, 3.05) is 27.2 Å². The molecular formula is C18H31N3O5. The van der Waals surface area contributed by atoms with Crippen LogP contribution < -0.4 is 5.32 Å². The largest absolute Gasteiger partial charge is 0.480 e. The van der Waals surface area contributed by atoms with Gasteiger partial charge in [-0.2, -0.15) is 0 Å². The van der Waals surface area contributed by atoms with E-state index in [9.17, 15) is 19.5 Å². The molecule has 26 heavy (non-hydrogen) atoms. The Balaban J connectivity index is 2.14. The van der Waals surface area contributed by atoms with Gasteiger partial charge in [0.05, 0.1) is 0 Å². The van der Waals surface area contributed by atoms with Crippen LogP contribution in [0.2, 0.25) is 0 Å². The van der Waals surface area contributed by atoms with Crippen LogP contribution in [0.25, 0.3) is 0 Å². The molecule has 2 rings (SSSR count). The number of aliphatic carboxylic acids is 1. The number of nitrogens with one attached hydrogen (secondary N) is 1. The topological polar surface area (TPSA) is 99.2 Å². The zero-order valence-corrected chi connectivity index (χ0v) is 16.7. The lowest BCUT2D eigenvalue weighted by molar-refractivity contribution is -0.151. The predicted molar refractivity (Wildman–Crippen MR) is 95.6 cm³/mol. The lowest BCUT2D eigenvalue weighted by Gasteiger charge is -2.32. The summed E-state index contributed by atoms with van der Waals surface area (Å²) in [5, 5.41) is 12.2. The van der Waals surface area contributed by atoms with Crippen LogP contribution >= 0.6 is 0 Å². The van der Waals surface area contributed by atoms with Gasteiger partial charge < -0.3 is 25.0 Å². The first-order chi connectivity index (χ1) is 11.8. The number of hydrogen-bond acceptors (Lipinski definition) is 5. The van der Waals surface area contributed by atoms with Crippen molar-refractivity contribution in [3.05, 3.63) is 0 Å². The molecule has 2 amide bonds. The van der Waals surface area contributed by atoms with Crippen molar-refractivity contribution in [1.29, 1.82) is 0 Å². The van der Waals surface area contributed by atoms with Crippen molar-refractivity contribution in [2.45, 2.75) is 52.3 Å². The molecule has 0 radical (unpaired) electrons. The molecule has 0 aromatic heterocycles. The number of fused-ring (bicyclic) bond motifs is 1. The predicted octanol–water partition coefficient (Wildman–Crippen LogP) is 1.01. The van der Waals surface area contributed by atoms with E-state index in [1.54, 1.807) is 39.8 Å². The number of piperidine rings is 1. The van der Waals surface area contributed by atoms with Crippen molar-refractivity contribution in [3.63, 3.8) is 0 Å². The summed E-state index contributed by atoms with van der Waals surface area (Å²) >= 11 is 0. The Morgan fingerprint density at radius 3 is 2.35 bits per heavy atom. The van der Waals surface area contributed by atoms with Gasteiger partial charge in [0, 0.05) is 19.0 Å². The highest BCUT2D eigenvalue weighted by atomic mass is 16.6. The lowest BCUT2D eigenvalue weighted by Crippen LogP contribution is -2.57. The Morgan fingerprint density at radius 1 is 1.31 bits per heavy atom. The maximum atomic E-state index is 13.0. The summed E-state index contributed by atoms with van der Waals surface area (Å²) in [5.41, 5.74) is -0.742. The molecule has 0 aromatic rings. The van der Waals surface area contributed by atoms with Gasteiger partial charge in [0.2, 0.25) is 5.91 Å². The van der Waals surface area contributed by atoms with Crippen LogP contribution in [0.1, 0.15) is 34.6 Å². The number of ether oxygens (including phenoxy) is 1. The van der Waals surface area contributed by atoms with Gasteiger partial charge in [0.1, 0.15) is 17.7 Å². The van der Waals surface area contributed by atoms with Crippen LogP contribution in [-0.4, -0.2) is 77.7 Å². The molecule has 2 fully saturated rings. The number of likely N-dealkylation sites (N-methyl/N-ethyl adjacent to an activating group) is 1. The van der Waals surface area contributed by atoms with Gasteiger partial charge in [-0.15, -0.1) is 0 Å². The highest BCUT2D eigenvalue weighted by molar-refractivity contribution is 5.90. The van der Waals surface area contributed by atoms with Gasteiger partial charge in [0.15, 0.2) is 0 Å². The number of carbonyl (C=O) groups excluding carboxylic acids is 2. The van der Waals surface area contributed by atoms with Crippen molar-refractivity contribution in [2.24, 2.45) is 17.3 Å². The molecular weight excluding hydrogens is 338 g/mol. The molecule has 1 aliphatic carbocycles. The normalized spacial score (nSPS) is 27.7. The van der Waals surface area contributed by atoms with E-state index in [1.165, 1.54) is 4.90 Å². The molecule has 0 aromatic carbocycles. The summed E-state index contributed by atoms with van der Waals surface area (Å²) in [6.07, 6.45) is -0.686. The fourth-order valence-corrected chi connectivity index (χ4v) is 4.00. The van der Waals surface area contributed by atoms with Crippen molar-refractivity contribution in [3.8, 4) is 0 Å². The molecule has 1 saturated carbocycles. The minimum absolute atomic E-state index is 0.0366. The third kappa shape index (κ3) is 4.11. The third-order valence-electron chi connectivity index (χ3n) is 5.28. The Hall–Kier alpha value is -1.83. The van der Waals surface area contributed by atoms with Crippen molar-refractivity contribution in [1.82, 2.24) is 15.1 Å². The van der Waals surface area contributed by atoms with E-state index in [-0.39, 0.29) is 29.7 Å². The van der Waals surface area contributed by atoms with E-state index in [2.05, 4.69) is 5.32 Å². The maximum absolute atomic E-state index is 13.0. The highest BCUT2D eigenvalue weighted by Gasteiger charge is 2.69. The summed E-state index contributed by atoms with van der Waals surface area (Å²) in [7, 11) is 3.58. The minimum atomic E-state index is -0.989. The van der Waals surface area contributed by atoms with Crippen LogP contribution in [0.5, 0.6) is 0 Å². The standard InChI is InChI=1S/C18H31N3O5/c1-17(2,3)26-16(25)19-11(9-20(6)7)14(22)21-8-10-12(18(10,4)5)13(21)15(23)24/h10-13H,8-9H2,1-7H3,(H,19,25)(H,23,24)/t10-,11?,12-,13-/m0/s1. The van der Waals surface area contributed by atoms with Crippen LogP contribution in [-0.2, 0) is 14.3 Å². The number of likely N-dealkylation sites (tertiary alicyclic amines) is 1. The number of carboxylic acids is 1. The highest BCUT2D eigenvalue weighted by Crippen LogP contribution is 2.64.